The minimum Gasteiger partial charge on any atom is -0.379 e. The van der Waals surface area contributed by atoms with Crippen LogP contribution in [-0.4, -0.2) is 77.1 Å². The molecule has 1 unspecified atom stereocenters. The molecule has 0 N–H and O–H groups in total. The zero-order chi connectivity index (χ0) is 22.1. The van der Waals surface area contributed by atoms with Crippen LogP contribution in [0.3, 0.4) is 0 Å². The summed E-state index contributed by atoms with van der Waals surface area (Å²) in [5.41, 5.74) is 0.341. The van der Waals surface area contributed by atoms with Gasteiger partial charge >= 0.3 is 0 Å². The number of ether oxygens (including phenoxy) is 1. The predicted octanol–water partition coefficient (Wildman–Crippen LogP) is 1.77. The molecule has 3 heterocycles. The van der Waals surface area contributed by atoms with Crippen molar-refractivity contribution in [2.45, 2.75) is 16.6 Å². The first kappa shape index (κ1) is 22.4. The highest BCUT2D eigenvalue weighted by molar-refractivity contribution is 7.91. The Balaban J connectivity index is 1.48. The molecule has 168 valence electrons. The number of hydrogen-bond donors (Lipinski definition) is 0. The monoisotopic (exact) mass is 484 g/mol. The number of benzene rings is 1. The summed E-state index contributed by atoms with van der Waals surface area (Å²) in [7, 11) is -6.98. The van der Waals surface area contributed by atoms with E-state index in [-0.39, 0.29) is 23.1 Å². The molecule has 8 nitrogen and oxygen atoms in total. The molecular formula is C20H24N2O6S3. The van der Waals surface area contributed by atoms with E-state index in [4.69, 9.17) is 4.74 Å². The van der Waals surface area contributed by atoms with Crippen molar-refractivity contribution in [2.75, 3.05) is 45.1 Å². The fourth-order valence-electron chi connectivity index (χ4n) is 3.83. The van der Waals surface area contributed by atoms with Gasteiger partial charge in [-0.2, -0.15) is 4.31 Å². The van der Waals surface area contributed by atoms with E-state index in [2.05, 4.69) is 0 Å². The second-order valence-electron chi connectivity index (χ2n) is 7.49. The van der Waals surface area contributed by atoms with Gasteiger partial charge in [0.15, 0.2) is 9.84 Å². The number of thiophene rings is 1. The molecule has 2 fully saturated rings. The van der Waals surface area contributed by atoms with Crippen LogP contribution >= 0.6 is 11.3 Å². The van der Waals surface area contributed by atoms with Crippen molar-refractivity contribution in [2.24, 2.45) is 0 Å². The highest BCUT2D eigenvalue weighted by atomic mass is 32.2. The quantitative estimate of drug-likeness (QED) is 0.656. The van der Waals surface area contributed by atoms with Crippen LogP contribution in [0.5, 0.6) is 0 Å². The zero-order valence-corrected chi connectivity index (χ0v) is 19.3. The number of morpholine rings is 1. The standard InChI is InChI=1S/C20H24N2O6S3/c23-20(21-8-7-19(18-2-1-14-29-18)30(24,25)15-11-21)16-3-5-17(6-4-16)31(26,27)22-9-12-28-13-10-22/h1-6,14,19H,7-13,15H2. The first-order valence-corrected chi connectivity index (χ1v) is 14.0. The van der Waals surface area contributed by atoms with Crippen molar-refractivity contribution in [3.8, 4) is 0 Å². The van der Waals surface area contributed by atoms with Crippen molar-refractivity contribution >= 4 is 37.1 Å². The van der Waals surface area contributed by atoms with Gasteiger partial charge in [-0.15, -0.1) is 11.3 Å². The fourth-order valence-corrected chi connectivity index (χ4v) is 8.24. The second-order valence-corrected chi connectivity index (χ2v) is 12.7. The average molecular weight is 485 g/mol. The molecule has 4 rings (SSSR count). The lowest BCUT2D eigenvalue weighted by Gasteiger charge is -2.26. The van der Waals surface area contributed by atoms with Gasteiger partial charge in [0.25, 0.3) is 5.91 Å². The maximum atomic E-state index is 13.0. The van der Waals surface area contributed by atoms with Gasteiger partial charge in [0.2, 0.25) is 10.0 Å². The molecule has 2 aliphatic heterocycles. The molecule has 11 heteroatoms. The smallest absolute Gasteiger partial charge is 0.253 e. The molecule has 1 amide bonds. The molecule has 2 saturated heterocycles. The summed E-state index contributed by atoms with van der Waals surface area (Å²) in [6, 6.07) is 9.49. The van der Waals surface area contributed by atoms with E-state index in [9.17, 15) is 21.6 Å². The lowest BCUT2D eigenvalue weighted by atomic mass is 10.2. The van der Waals surface area contributed by atoms with Gasteiger partial charge in [-0.3, -0.25) is 4.79 Å². The van der Waals surface area contributed by atoms with E-state index in [0.717, 1.165) is 4.88 Å². The van der Waals surface area contributed by atoms with E-state index in [1.54, 1.807) is 0 Å². The summed E-state index contributed by atoms with van der Waals surface area (Å²) in [5, 5.41) is 1.26. The summed E-state index contributed by atoms with van der Waals surface area (Å²) >= 11 is 1.41. The number of nitrogens with zero attached hydrogens (tertiary/aromatic N) is 2. The van der Waals surface area contributed by atoms with Gasteiger partial charge in [-0.25, -0.2) is 16.8 Å². The third-order valence-corrected chi connectivity index (χ3v) is 10.8. The summed E-state index contributed by atoms with van der Waals surface area (Å²) in [6.45, 7) is 1.78. The normalized spacial score (nSPS) is 22.7. The minimum atomic E-state index is -3.63. The van der Waals surface area contributed by atoms with Crippen LogP contribution in [0.4, 0.5) is 0 Å². The Labute approximate surface area is 186 Å². The summed E-state index contributed by atoms with van der Waals surface area (Å²) in [4.78, 5) is 15.4. The van der Waals surface area contributed by atoms with Crippen molar-refractivity contribution in [3.05, 3.63) is 52.2 Å². The Morgan fingerprint density at radius 2 is 1.74 bits per heavy atom. The van der Waals surface area contributed by atoms with Crippen LogP contribution in [0.15, 0.2) is 46.7 Å². The van der Waals surface area contributed by atoms with Crippen LogP contribution < -0.4 is 0 Å². The van der Waals surface area contributed by atoms with Crippen LogP contribution in [0.25, 0.3) is 0 Å². The Hall–Kier alpha value is -1.79. The first-order valence-electron chi connectivity index (χ1n) is 10.0. The Morgan fingerprint density at radius 3 is 2.39 bits per heavy atom. The molecule has 0 saturated carbocycles. The highest BCUT2D eigenvalue weighted by Gasteiger charge is 2.33. The SMILES string of the molecule is O=C(c1ccc(S(=O)(=O)N2CCOCC2)cc1)N1CCC(c2cccs2)S(=O)(=O)CC1. The molecule has 31 heavy (non-hydrogen) atoms. The summed E-state index contributed by atoms with van der Waals surface area (Å²) < 4.78 is 57.5. The number of sulfone groups is 1. The number of sulfonamides is 1. The molecule has 1 aromatic heterocycles. The largest absolute Gasteiger partial charge is 0.379 e. The third-order valence-electron chi connectivity index (χ3n) is 5.60. The van der Waals surface area contributed by atoms with Crippen molar-refractivity contribution in [1.82, 2.24) is 9.21 Å². The summed E-state index contributed by atoms with van der Waals surface area (Å²) in [6.07, 6.45) is 0.345. The van der Waals surface area contributed by atoms with Crippen molar-refractivity contribution in [3.63, 3.8) is 0 Å². The van der Waals surface area contributed by atoms with E-state index < -0.39 is 25.1 Å². The lowest BCUT2D eigenvalue weighted by molar-refractivity contribution is 0.0730. The Morgan fingerprint density at radius 1 is 1.03 bits per heavy atom. The van der Waals surface area contributed by atoms with Crippen LogP contribution in [0.2, 0.25) is 0 Å². The molecular weight excluding hydrogens is 460 g/mol. The van der Waals surface area contributed by atoms with Crippen molar-refractivity contribution < 1.29 is 26.4 Å². The zero-order valence-electron chi connectivity index (χ0n) is 16.8. The molecule has 2 aliphatic rings. The van der Waals surface area contributed by atoms with Gasteiger partial charge in [-0.1, -0.05) is 6.07 Å². The number of carbonyl (C=O) groups is 1. The molecule has 1 aromatic carbocycles. The van der Waals surface area contributed by atoms with Crippen molar-refractivity contribution in [1.29, 1.82) is 0 Å². The van der Waals surface area contributed by atoms with E-state index in [1.165, 1.54) is 44.8 Å². The Bertz CT molecular complexity index is 1120. The molecule has 1 atom stereocenters. The number of amides is 1. The van der Waals surface area contributed by atoms with Crippen LogP contribution in [0.1, 0.15) is 26.9 Å². The first-order chi connectivity index (χ1) is 14.8. The van der Waals surface area contributed by atoms with Gasteiger partial charge in [0.1, 0.15) is 0 Å². The second kappa shape index (κ2) is 8.99. The Kier molecular flexibility index (Phi) is 6.50. The van der Waals surface area contributed by atoms with Crippen LogP contribution in [-0.2, 0) is 24.6 Å². The summed E-state index contributed by atoms with van der Waals surface area (Å²) in [5.74, 6) is -0.387. The molecule has 2 aromatic rings. The lowest BCUT2D eigenvalue weighted by Crippen LogP contribution is -2.40. The topological polar surface area (TPSA) is 101 Å². The molecule has 0 spiro atoms. The molecule has 0 radical (unpaired) electrons. The maximum Gasteiger partial charge on any atom is 0.253 e. The van der Waals surface area contributed by atoms with Gasteiger partial charge in [-0.05, 0) is 42.1 Å². The van der Waals surface area contributed by atoms with E-state index in [1.807, 2.05) is 17.5 Å². The average Bonchev–Trinajstić information content (AvgIpc) is 3.25. The molecule has 0 bridgehead atoms. The number of carbonyl (C=O) groups excluding carboxylic acids is 1. The predicted molar refractivity (Wildman–Crippen MR) is 117 cm³/mol. The molecule has 0 aliphatic carbocycles. The van der Waals surface area contributed by atoms with Gasteiger partial charge in [0, 0.05) is 36.6 Å². The number of rotatable bonds is 4. The number of hydrogen-bond acceptors (Lipinski definition) is 7. The van der Waals surface area contributed by atoms with E-state index >= 15 is 0 Å². The van der Waals surface area contributed by atoms with Gasteiger partial charge < -0.3 is 9.64 Å². The fraction of sp³-hybridized carbons (Fsp3) is 0.450. The maximum absolute atomic E-state index is 13.0. The van der Waals surface area contributed by atoms with Gasteiger partial charge in [0.05, 0.1) is 29.1 Å². The third kappa shape index (κ3) is 4.70. The van der Waals surface area contributed by atoms with E-state index in [0.29, 0.717) is 44.8 Å². The minimum absolute atomic E-state index is 0.0925. The highest BCUT2D eigenvalue weighted by Crippen LogP contribution is 2.32. The van der Waals surface area contributed by atoms with Crippen LogP contribution in [0, 0.1) is 0 Å².